The number of likely N-dealkylation sites (tertiary alicyclic amines) is 1. The zero-order chi connectivity index (χ0) is 16.4. The lowest BCUT2D eigenvalue weighted by Gasteiger charge is -2.32. The maximum atomic E-state index is 12.6. The van der Waals surface area contributed by atoms with Crippen molar-refractivity contribution in [1.82, 2.24) is 4.90 Å². The Kier molecular flexibility index (Phi) is 4.57. The third-order valence-corrected chi connectivity index (χ3v) is 4.56. The van der Waals surface area contributed by atoms with Crippen LogP contribution in [0.25, 0.3) is 6.08 Å². The number of carboxylic acid groups (broad SMARTS) is 1. The molecule has 3 rings (SSSR count). The van der Waals surface area contributed by atoms with Crippen molar-refractivity contribution in [2.24, 2.45) is 5.92 Å². The summed E-state index contributed by atoms with van der Waals surface area (Å²) in [4.78, 5) is 25.1. The summed E-state index contributed by atoms with van der Waals surface area (Å²) in [7, 11) is 0. The van der Waals surface area contributed by atoms with Gasteiger partial charge >= 0.3 is 5.97 Å². The van der Waals surface area contributed by atoms with Crippen LogP contribution in [-0.4, -0.2) is 41.6 Å². The number of carboxylic acids is 1. The predicted molar refractivity (Wildman–Crippen MR) is 86.5 cm³/mol. The molecule has 2 aliphatic rings. The van der Waals surface area contributed by atoms with Gasteiger partial charge in [0.05, 0.1) is 5.57 Å². The molecule has 1 fully saturated rings. The van der Waals surface area contributed by atoms with Crippen LogP contribution in [0.2, 0.25) is 5.02 Å². The molecule has 1 N–H and O–H groups in total. The van der Waals surface area contributed by atoms with E-state index in [2.05, 4.69) is 0 Å². The van der Waals surface area contributed by atoms with Crippen LogP contribution in [0.4, 0.5) is 0 Å². The van der Waals surface area contributed by atoms with Crippen molar-refractivity contribution in [3.05, 3.63) is 34.4 Å². The van der Waals surface area contributed by atoms with Gasteiger partial charge in [0.2, 0.25) is 0 Å². The monoisotopic (exact) mass is 335 g/mol. The van der Waals surface area contributed by atoms with Gasteiger partial charge in [-0.3, -0.25) is 9.59 Å². The normalized spacial score (nSPS) is 18.0. The summed E-state index contributed by atoms with van der Waals surface area (Å²) in [5, 5.41) is 9.45. The Morgan fingerprint density at radius 1 is 1.30 bits per heavy atom. The second kappa shape index (κ2) is 6.62. The highest BCUT2D eigenvalue weighted by atomic mass is 35.5. The first-order chi connectivity index (χ1) is 11.0. The van der Waals surface area contributed by atoms with Gasteiger partial charge in [0.25, 0.3) is 5.91 Å². The number of rotatable bonds is 3. The van der Waals surface area contributed by atoms with E-state index in [1.54, 1.807) is 23.1 Å². The summed E-state index contributed by atoms with van der Waals surface area (Å²) in [5.74, 6) is 0.0786. The van der Waals surface area contributed by atoms with E-state index in [9.17, 15) is 9.59 Å². The largest absolute Gasteiger partial charge is 0.488 e. The highest BCUT2D eigenvalue weighted by Crippen LogP contribution is 2.30. The van der Waals surface area contributed by atoms with E-state index >= 15 is 0 Å². The van der Waals surface area contributed by atoms with E-state index < -0.39 is 5.97 Å². The number of fused-ring (bicyclic) bond motifs is 1. The van der Waals surface area contributed by atoms with Crippen molar-refractivity contribution in [2.45, 2.75) is 19.3 Å². The van der Waals surface area contributed by atoms with Crippen LogP contribution in [0, 0.1) is 5.92 Å². The summed E-state index contributed by atoms with van der Waals surface area (Å²) >= 11 is 5.98. The fourth-order valence-electron chi connectivity index (χ4n) is 3.06. The lowest BCUT2D eigenvalue weighted by Crippen LogP contribution is -2.40. The number of amides is 1. The smallest absolute Gasteiger partial charge is 0.303 e. The van der Waals surface area contributed by atoms with Gasteiger partial charge in [0.15, 0.2) is 0 Å². The van der Waals surface area contributed by atoms with E-state index in [4.69, 9.17) is 21.4 Å². The number of nitrogens with zero attached hydrogens (tertiary/aromatic N) is 1. The zero-order valence-electron chi connectivity index (χ0n) is 12.6. The molecule has 6 heteroatoms. The van der Waals surface area contributed by atoms with E-state index in [1.807, 2.05) is 6.08 Å². The molecule has 1 aromatic carbocycles. The van der Waals surface area contributed by atoms with Crippen molar-refractivity contribution in [3.8, 4) is 5.75 Å². The number of benzene rings is 1. The minimum absolute atomic E-state index is 0.0376. The van der Waals surface area contributed by atoms with Crippen molar-refractivity contribution in [1.29, 1.82) is 0 Å². The van der Waals surface area contributed by atoms with Gasteiger partial charge in [-0.15, -0.1) is 0 Å². The Morgan fingerprint density at radius 2 is 2.04 bits per heavy atom. The summed E-state index contributed by atoms with van der Waals surface area (Å²) < 4.78 is 5.62. The number of halogens is 1. The van der Waals surface area contributed by atoms with Crippen molar-refractivity contribution in [2.75, 3.05) is 19.7 Å². The SMILES string of the molecule is O=C(O)CC1CCN(C(=O)C2=Cc3cc(Cl)ccc3OC2)CC1. The molecule has 0 saturated carbocycles. The number of carbonyl (C=O) groups excluding carboxylic acids is 1. The quantitative estimate of drug-likeness (QED) is 0.922. The first-order valence-electron chi connectivity index (χ1n) is 7.67. The number of aliphatic carboxylic acids is 1. The molecular formula is C17H18ClNO4. The van der Waals surface area contributed by atoms with E-state index in [0.717, 1.165) is 24.2 Å². The topological polar surface area (TPSA) is 66.8 Å². The standard InChI is InChI=1S/C17H18ClNO4/c18-14-1-2-15-12(9-14)8-13(10-23-15)17(22)19-5-3-11(4-6-19)7-16(20)21/h1-2,8-9,11H,3-7,10H2,(H,20,21). The van der Waals surface area contributed by atoms with Gasteiger partial charge in [-0.05, 0) is 43.0 Å². The predicted octanol–water partition coefficient (Wildman–Crippen LogP) is 2.83. The number of piperidine rings is 1. The molecule has 0 radical (unpaired) electrons. The second-order valence-electron chi connectivity index (χ2n) is 5.97. The van der Waals surface area contributed by atoms with E-state index in [1.165, 1.54) is 0 Å². The Balaban J connectivity index is 1.66. The second-order valence-corrected chi connectivity index (χ2v) is 6.41. The summed E-state index contributed by atoms with van der Waals surface area (Å²) in [5.41, 5.74) is 1.42. The molecule has 5 nitrogen and oxygen atoms in total. The average Bonchev–Trinajstić information content (AvgIpc) is 2.53. The molecule has 0 aliphatic carbocycles. The van der Waals surface area contributed by atoms with Crippen molar-refractivity contribution >= 4 is 29.6 Å². The molecule has 1 amide bonds. The Labute approximate surface area is 139 Å². The summed E-state index contributed by atoms with van der Waals surface area (Å²) in [6.45, 7) is 1.44. The van der Waals surface area contributed by atoms with Crippen LogP contribution in [0.1, 0.15) is 24.8 Å². The molecule has 23 heavy (non-hydrogen) atoms. The minimum atomic E-state index is -0.772. The summed E-state index contributed by atoms with van der Waals surface area (Å²) in [6.07, 6.45) is 3.47. The van der Waals surface area contributed by atoms with Gasteiger partial charge in [-0.1, -0.05) is 11.6 Å². The first-order valence-corrected chi connectivity index (χ1v) is 8.04. The van der Waals surface area contributed by atoms with Crippen LogP contribution < -0.4 is 4.74 Å². The molecule has 0 atom stereocenters. The maximum absolute atomic E-state index is 12.6. The van der Waals surface area contributed by atoms with Gasteiger partial charge in [-0.25, -0.2) is 0 Å². The number of carbonyl (C=O) groups is 2. The molecular weight excluding hydrogens is 318 g/mol. The molecule has 0 unspecified atom stereocenters. The van der Waals surface area contributed by atoms with Crippen LogP contribution in [0.5, 0.6) is 5.75 Å². The molecule has 0 bridgehead atoms. The highest BCUT2D eigenvalue weighted by Gasteiger charge is 2.27. The molecule has 0 aromatic heterocycles. The van der Waals surface area contributed by atoms with Crippen LogP contribution >= 0.6 is 11.6 Å². The Hall–Kier alpha value is -2.01. The fourth-order valence-corrected chi connectivity index (χ4v) is 3.24. The van der Waals surface area contributed by atoms with Gasteiger partial charge in [0, 0.05) is 30.1 Å². The third kappa shape index (κ3) is 3.67. The van der Waals surface area contributed by atoms with Gasteiger partial charge in [0.1, 0.15) is 12.4 Å². The Bertz CT molecular complexity index is 663. The lowest BCUT2D eigenvalue weighted by atomic mass is 9.93. The highest BCUT2D eigenvalue weighted by molar-refractivity contribution is 6.30. The van der Waals surface area contributed by atoms with Crippen LogP contribution in [0.3, 0.4) is 0 Å². The van der Waals surface area contributed by atoms with Gasteiger partial charge < -0.3 is 14.7 Å². The van der Waals surface area contributed by atoms with Crippen LogP contribution in [-0.2, 0) is 9.59 Å². The molecule has 1 aromatic rings. The Morgan fingerprint density at radius 3 is 2.74 bits per heavy atom. The van der Waals surface area contributed by atoms with E-state index in [0.29, 0.717) is 23.7 Å². The van der Waals surface area contributed by atoms with Crippen molar-refractivity contribution < 1.29 is 19.4 Å². The lowest BCUT2D eigenvalue weighted by molar-refractivity contribution is -0.138. The molecule has 1 saturated heterocycles. The molecule has 0 spiro atoms. The maximum Gasteiger partial charge on any atom is 0.303 e. The number of hydrogen-bond donors (Lipinski definition) is 1. The zero-order valence-corrected chi connectivity index (χ0v) is 13.4. The molecule has 122 valence electrons. The molecule has 2 heterocycles. The van der Waals surface area contributed by atoms with Crippen LogP contribution in [0.15, 0.2) is 23.8 Å². The fraction of sp³-hybridized carbons (Fsp3) is 0.412. The number of ether oxygens (including phenoxy) is 1. The minimum Gasteiger partial charge on any atom is -0.488 e. The van der Waals surface area contributed by atoms with Gasteiger partial charge in [-0.2, -0.15) is 0 Å². The number of hydrogen-bond acceptors (Lipinski definition) is 3. The first kappa shape index (κ1) is 15.9. The third-order valence-electron chi connectivity index (χ3n) is 4.32. The van der Waals surface area contributed by atoms with E-state index in [-0.39, 0.29) is 24.9 Å². The van der Waals surface area contributed by atoms with Crippen molar-refractivity contribution in [3.63, 3.8) is 0 Å². The summed E-state index contributed by atoms with van der Waals surface area (Å²) in [6, 6.07) is 5.34. The average molecular weight is 336 g/mol. The molecule has 2 aliphatic heterocycles.